The third-order valence-electron chi connectivity index (χ3n) is 4.82. The zero-order valence-corrected chi connectivity index (χ0v) is 16.4. The first-order chi connectivity index (χ1) is 13.7. The van der Waals surface area contributed by atoms with E-state index in [9.17, 15) is 5.11 Å². The number of benzene rings is 3. The maximum atomic E-state index is 9.95. The van der Waals surface area contributed by atoms with Crippen LogP contribution in [0.4, 0.5) is 0 Å². The van der Waals surface area contributed by atoms with Crippen LogP contribution in [0.25, 0.3) is 0 Å². The van der Waals surface area contributed by atoms with Crippen LogP contribution in [0.2, 0.25) is 0 Å². The Morgan fingerprint density at radius 1 is 0.893 bits per heavy atom. The van der Waals surface area contributed by atoms with Crippen molar-refractivity contribution in [2.45, 2.75) is 19.2 Å². The molecule has 0 unspecified atom stereocenters. The zero-order valence-electron chi connectivity index (χ0n) is 16.4. The third-order valence-corrected chi connectivity index (χ3v) is 4.82. The number of hydrogen-bond acceptors (Lipinski definition) is 4. The number of aliphatic hydroxyl groups is 1. The minimum Gasteiger partial charge on any atom is -0.493 e. The normalized spacial score (nSPS) is 12.0. The molecule has 4 nitrogen and oxygen atoms in total. The van der Waals surface area contributed by atoms with Crippen LogP contribution in [0.1, 0.15) is 22.7 Å². The van der Waals surface area contributed by atoms with E-state index >= 15 is 0 Å². The molecule has 0 heterocycles. The molecule has 0 aliphatic carbocycles. The molecule has 3 rings (SSSR count). The zero-order chi connectivity index (χ0) is 19.8. The van der Waals surface area contributed by atoms with Crippen LogP contribution in [0.15, 0.2) is 78.9 Å². The van der Waals surface area contributed by atoms with Crippen molar-refractivity contribution in [2.24, 2.45) is 0 Å². The van der Waals surface area contributed by atoms with Crippen molar-refractivity contribution in [2.75, 3.05) is 20.8 Å². The molecule has 0 fully saturated rings. The van der Waals surface area contributed by atoms with E-state index in [4.69, 9.17) is 9.47 Å². The van der Waals surface area contributed by atoms with Crippen LogP contribution in [-0.4, -0.2) is 30.8 Å². The molecule has 0 aromatic heterocycles. The van der Waals surface area contributed by atoms with Crippen LogP contribution in [0, 0.1) is 0 Å². The first-order valence-electron chi connectivity index (χ1n) is 9.41. The van der Waals surface area contributed by atoms with Crippen molar-refractivity contribution in [3.8, 4) is 11.5 Å². The molecule has 0 radical (unpaired) electrons. The van der Waals surface area contributed by atoms with Gasteiger partial charge in [0.05, 0.1) is 19.8 Å². The van der Waals surface area contributed by atoms with E-state index in [0.717, 1.165) is 22.4 Å². The molecule has 0 spiro atoms. The van der Waals surface area contributed by atoms with Crippen LogP contribution < -0.4 is 9.47 Å². The van der Waals surface area contributed by atoms with Crippen molar-refractivity contribution < 1.29 is 14.6 Å². The highest BCUT2D eigenvalue weighted by Gasteiger charge is 2.19. The van der Waals surface area contributed by atoms with Gasteiger partial charge in [-0.3, -0.25) is 4.90 Å². The molecule has 4 heteroatoms. The highest BCUT2D eigenvalue weighted by molar-refractivity contribution is 5.47. The molecule has 28 heavy (non-hydrogen) atoms. The fourth-order valence-corrected chi connectivity index (χ4v) is 3.29. The van der Waals surface area contributed by atoms with E-state index in [-0.39, 0.29) is 12.6 Å². The lowest BCUT2D eigenvalue weighted by Gasteiger charge is -2.28. The van der Waals surface area contributed by atoms with Crippen LogP contribution in [-0.2, 0) is 13.2 Å². The largest absolute Gasteiger partial charge is 0.493 e. The summed E-state index contributed by atoms with van der Waals surface area (Å²) in [5.41, 5.74) is 3.21. The van der Waals surface area contributed by atoms with Gasteiger partial charge < -0.3 is 14.6 Å². The van der Waals surface area contributed by atoms with Gasteiger partial charge in [-0.1, -0.05) is 72.8 Å². The highest BCUT2D eigenvalue weighted by Crippen LogP contribution is 2.34. The molecule has 0 bridgehead atoms. The monoisotopic (exact) mass is 377 g/mol. The third kappa shape index (κ3) is 4.91. The summed E-state index contributed by atoms with van der Waals surface area (Å²) in [7, 11) is 3.66. The van der Waals surface area contributed by atoms with Crippen molar-refractivity contribution in [3.05, 3.63) is 95.6 Å². The number of hydrogen-bond donors (Lipinski definition) is 1. The summed E-state index contributed by atoms with van der Waals surface area (Å²) in [5, 5.41) is 9.95. The molecule has 1 N–H and O–H groups in total. The van der Waals surface area contributed by atoms with Gasteiger partial charge in [0.2, 0.25) is 0 Å². The minimum absolute atomic E-state index is 0.0463. The predicted octanol–water partition coefficient (Wildman–Crippen LogP) is 4.44. The maximum Gasteiger partial charge on any atom is 0.166 e. The molecule has 3 aromatic carbocycles. The van der Waals surface area contributed by atoms with Gasteiger partial charge in [-0.05, 0) is 24.2 Å². The van der Waals surface area contributed by atoms with Gasteiger partial charge in [0.1, 0.15) is 6.61 Å². The molecule has 0 saturated heterocycles. The van der Waals surface area contributed by atoms with Gasteiger partial charge in [-0.2, -0.15) is 0 Å². The first kappa shape index (κ1) is 19.9. The van der Waals surface area contributed by atoms with Crippen LogP contribution >= 0.6 is 0 Å². The van der Waals surface area contributed by atoms with Crippen molar-refractivity contribution in [1.29, 1.82) is 0 Å². The summed E-state index contributed by atoms with van der Waals surface area (Å²) in [4.78, 5) is 2.12. The lowest BCUT2D eigenvalue weighted by Crippen LogP contribution is -2.27. The molecular weight excluding hydrogens is 350 g/mol. The molecule has 0 saturated carbocycles. The molecule has 146 valence electrons. The second-order valence-corrected chi connectivity index (χ2v) is 6.75. The van der Waals surface area contributed by atoms with Gasteiger partial charge in [-0.25, -0.2) is 0 Å². The average molecular weight is 377 g/mol. The molecule has 0 aliphatic rings. The number of para-hydroxylation sites is 1. The summed E-state index contributed by atoms with van der Waals surface area (Å²) in [6.45, 7) is 1.15. The highest BCUT2D eigenvalue weighted by atomic mass is 16.5. The Labute approximate surface area is 167 Å². The van der Waals surface area contributed by atoms with Crippen molar-refractivity contribution in [3.63, 3.8) is 0 Å². The summed E-state index contributed by atoms with van der Waals surface area (Å²) < 4.78 is 11.7. The molecule has 3 aromatic rings. The van der Waals surface area contributed by atoms with E-state index < -0.39 is 0 Å². The average Bonchev–Trinajstić information content (AvgIpc) is 2.74. The number of ether oxygens (including phenoxy) is 2. The Kier molecular flexibility index (Phi) is 7.06. The Bertz CT molecular complexity index is 852. The van der Waals surface area contributed by atoms with Gasteiger partial charge in [0.25, 0.3) is 0 Å². The number of nitrogens with zero attached hydrogens (tertiary/aromatic N) is 1. The standard InChI is InChI=1S/C24H27NO3/c1-25(22(17-26)20-12-7-4-8-13-20)16-21-14-9-15-23(27-2)24(21)28-18-19-10-5-3-6-11-19/h3-15,22,26H,16-18H2,1-2H3/t22-/m1/s1. The predicted molar refractivity (Wildman–Crippen MR) is 112 cm³/mol. The molecular formula is C24H27NO3. The second-order valence-electron chi connectivity index (χ2n) is 6.75. The Hall–Kier alpha value is -2.82. The van der Waals surface area contributed by atoms with Crippen molar-refractivity contribution >= 4 is 0 Å². The van der Waals surface area contributed by atoms with E-state index in [1.165, 1.54) is 0 Å². The van der Waals surface area contributed by atoms with E-state index in [2.05, 4.69) is 4.90 Å². The van der Waals surface area contributed by atoms with E-state index in [1.54, 1.807) is 7.11 Å². The lowest BCUT2D eigenvalue weighted by molar-refractivity contribution is 0.140. The smallest absolute Gasteiger partial charge is 0.166 e. The molecule has 0 aliphatic heterocycles. The topological polar surface area (TPSA) is 41.9 Å². The lowest BCUT2D eigenvalue weighted by atomic mass is 10.1. The van der Waals surface area contributed by atoms with Crippen molar-refractivity contribution in [1.82, 2.24) is 4.90 Å². The number of aliphatic hydroxyl groups excluding tert-OH is 1. The van der Waals surface area contributed by atoms with E-state index in [0.29, 0.717) is 18.9 Å². The second kappa shape index (κ2) is 9.93. The minimum atomic E-state index is -0.0885. The molecule has 0 amide bonds. The van der Waals surface area contributed by atoms with Crippen LogP contribution in [0.3, 0.4) is 0 Å². The van der Waals surface area contributed by atoms with Gasteiger partial charge in [-0.15, -0.1) is 0 Å². The quantitative estimate of drug-likeness (QED) is 0.599. The van der Waals surface area contributed by atoms with Crippen LogP contribution in [0.5, 0.6) is 11.5 Å². The molecule has 1 atom stereocenters. The maximum absolute atomic E-state index is 9.95. The number of likely N-dealkylation sites (N-methyl/N-ethyl adjacent to an activating group) is 1. The number of methoxy groups -OCH3 is 1. The Balaban J connectivity index is 1.80. The Morgan fingerprint density at radius 2 is 1.57 bits per heavy atom. The van der Waals surface area contributed by atoms with Gasteiger partial charge in [0.15, 0.2) is 11.5 Å². The summed E-state index contributed by atoms with van der Waals surface area (Å²) in [5.74, 6) is 1.45. The summed E-state index contributed by atoms with van der Waals surface area (Å²) in [6.07, 6.45) is 0. The fraction of sp³-hybridized carbons (Fsp3) is 0.250. The van der Waals surface area contributed by atoms with Gasteiger partial charge in [0, 0.05) is 12.1 Å². The summed E-state index contributed by atoms with van der Waals surface area (Å²) in [6, 6.07) is 25.9. The fourth-order valence-electron chi connectivity index (χ4n) is 3.29. The first-order valence-corrected chi connectivity index (χ1v) is 9.41. The SMILES string of the molecule is COc1cccc(CN(C)[C@H](CO)c2ccccc2)c1OCc1ccccc1. The van der Waals surface area contributed by atoms with E-state index in [1.807, 2.05) is 85.9 Å². The Morgan fingerprint density at radius 3 is 2.21 bits per heavy atom. The van der Waals surface area contributed by atoms with Gasteiger partial charge >= 0.3 is 0 Å². The summed E-state index contributed by atoms with van der Waals surface area (Å²) >= 11 is 0. The number of rotatable bonds is 9.